The Morgan fingerprint density at radius 2 is 1.51 bits per heavy atom. The highest BCUT2D eigenvalue weighted by molar-refractivity contribution is 6.99. The molecule has 3 aromatic rings. The number of aromatic nitrogens is 2. The Labute approximate surface area is 210 Å². The van der Waals surface area contributed by atoms with Crippen LogP contribution >= 0.6 is 0 Å². The Balaban J connectivity index is 1.47. The molecule has 4 rings (SSSR count). The van der Waals surface area contributed by atoms with Gasteiger partial charge in [-0.05, 0) is 66.4 Å². The summed E-state index contributed by atoms with van der Waals surface area (Å²) in [5, 5.41) is 6.83. The molecular formula is C29H38N2O3Si. The molecule has 1 aromatic heterocycles. The lowest BCUT2D eigenvalue weighted by atomic mass is 10.1. The van der Waals surface area contributed by atoms with Crippen molar-refractivity contribution in [3.05, 3.63) is 78.6 Å². The molecule has 1 saturated carbocycles. The smallest absolute Gasteiger partial charge is 0.435 e. The van der Waals surface area contributed by atoms with E-state index in [0.717, 1.165) is 25.0 Å². The average Bonchev–Trinajstić information content (AvgIpc) is 3.34. The Morgan fingerprint density at radius 3 is 2.03 bits per heavy atom. The van der Waals surface area contributed by atoms with E-state index in [9.17, 15) is 4.79 Å². The van der Waals surface area contributed by atoms with Crippen molar-refractivity contribution in [1.29, 1.82) is 0 Å². The number of carbonyl (C=O) groups is 1. The Bertz CT molecular complexity index is 1090. The predicted molar refractivity (Wildman–Crippen MR) is 143 cm³/mol. The van der Waals surface area contributed by atoms with Gasteiger partial charge >= 0.3 is 6.09 Å². The molecule has 1 aliphatic carbocycles. The third-order valence-corrected chi connectivity index (χ3v) is 11.7. The van der Waals surface area contributed by atoms with Crippen molar-refractivity contribution in [2.24, 2.45) is 11.8 Å². The van der Waals surface area contributed by atoms with Crippen molar-refractivity contribution in [3.63, 3.8) is 0 Å². The number of carbonyl (C=O) groups excluding carboxylic acids is 1. The fraction of sp³-hybridized carbons (Fsp3) is 0.448. The van der Waals surface area contributed by atoms with Crippen LogP contribution in [0.15, 0.2) is 73.1 Å². The van der Waals surface area contributed by atoms with E-state index in [4.69, 9.17) is 9.16 Å². The van der Waals surface area contributed by atoms with Crippen molar-refractivity contribution in [2.45, 2.75) is 65.0 Å². The Morgan fingerprint density at radius 1 is 0.943 bits per heavy atom. The lowest BCUT2D eigenvalue weighted by molar-refractivity contribution is 0.0514. The van der Waals surface area contributed by atoms with Crippen molar-refractivity contribution < 1.29 is 14.0 Å². The van der Waals surface area contributed by atoms with Crippen LogP contribution in [-0.4, -0.2) is 36.4 Å². The molecule has 0 unspecified atom stereocenters. The first-order chi connectivity index (χ1) is 16.5. The van der Waals surface area contributed by atoms with Gasteiger partial charge in [-0.15, -0.1) is 0 Å². The zero-order valence-electron chi connectivity index (χ0n) is 21.8. The summed E-state index contributed by atoms with van der Waals surface area (Å²) in [5.41, 5.74) is 0.525. The number of ether oxygens (including phenoxy) is 1. The summed E-state index contributed by atoms with van der Waals surface area (Å²) in [6, 6.07) is 21.6. The van der Waals surface area contributed by atoms with Gasteiger partial charge in [0.1, 0.15) is 5.60 Å². The second-order valence-corrected chi connectivity index (χ2v) is 16.0. The molecule has 6 heteroatoms. The molecule has 5 nitrogen and oxygen atoms in total. The summed E-state index contributed by atoms with van der Waals surface area (Å²) < 4.78 is 13.8. The van der Waals surface area contributed by atoms with Crippen LogP contribution in [0.2, 0.25) is 5.04 Å². The molecule has 0 spiro atoms. The maximum atomic E-state index is 12.3. The van der Waals surface area contributed by atoms with Crippen LogP contribution in [0.25, 0.3) is 0 Å². The molecule has 0 aliphatic heterocycles. The fourth-order valence-electron chi connectivity index (χ4n) is 4.93. The number of nitrogens with zero attached hydrogens (tertiary/aromatic N) is 2. The van der Waals surface area contributed by atoms with Crippen LogP contribution in [-0.2, 0) is 15.6 Å². The van der Waals surface area contributed by atoms with Crippen LogP contribution < -0.4 is 10.4 Å². The van der Waals surface area contributed by atoms with Gasteiger partial charge in [-0.2, -0.15) is 9.78 Å². The molecule has 0 bridgehead atoms. The minimum Gasteiger partial charge on any atom is -0.442 e. The van der Waals surface area contributed by atoms with Gasteiger partial charge < -0.3 is 9.16 Å². The van der Waals surface area contributed by atoms with Gasteiger partial charge in [-0.1, -0.05) is 81.4 Å². The van der Waals surface area contributed by atoms with Crippen molar-refractivity contribution in [1.82, 2.24) is 9.78 Å². The first kappa shape index (κ1) is 25.4. The monoisotopic (exact) mass is 490 g/mol. The average molecular weight is 491 g/mol. The zero-order chi connectivity index (χ0) is 25.3. The highest BCUT2D eigenvalue weighted by Crippen LogP contribution is 2.44. The van der Waals surface area contributed by atoms with Gasteiger partial charge in [0, 0.05) is 12.8 Å². The summed E-state index contributed by atoms with van der Waals surface area (Å²) in [6.07, 6.45) is 5.17. The molecule has 35 heavy (non-hydrogen) atoms. The van der Waals surface area contributed by atoms with Crippen LogP contribution in [0, 0.1) is 11.8 Å². The summed E-state index contributed by atoms with van der Waals surface area (Å²) in [6.45, 7) is 13.3. The molecule has 186 valence electrons. The second kappa shape index (κ2) is 9.74. The van der Waals surface area contributed by atoms with Crippen molar-refractivity contribution in [3.8, 4) is 0 Å². The standard InChI is InChI=1S/C29H38N2O3Si/c1-28(2,3)34-27(32)31-20-22(19-30-31)17-23-18-24(23)21-33-35(29(4,5)6,25-13-9-7-10-14-25)26-15-11-8-12-16-26/h7-16,19-20,23-24H,17-18,21H2,1-6H3/t23-,24-/m0/s1. The number of rotatable bonds is 7. The van der Waals surface area contributed by atoms with E-state index in [1.807, 2.05) is 20.8 Å². The lowest BCUT2D eigenvalue weighted by Crippen LogP contribution is -2.66. The molecule has 0 N–H and O–H groups in total. The van der Waals surface area contributed by atoms with Gasteiger partial charge in [-0.25, -0.2) is 4.79 Å². The maximum absolute atomic E-state index is 12.3. The second-order valence-electron chi connectivity index (χ2n) is 11.7. The number of hydrogen-bond donors (Lipinski definition) is 0. The van der Waals surface area contributed by atoms with E-state index in [1.54, 1.807) is 12.4 Å². The highest BCUT2D eigenvalue weighted by Gasteiger charge is 2.51. The van der Waals surface area contributed by atoms with Gasteiger partial charge in [0.15, 0.2) is 0 Å². The lowest BCUT2D eigenvalue weighted by Gasteiger charge is -2.43. The molecule has 0 saturated heterocycles. The van der Waals surface area contributed by atoms with Gasteiger partial charge in [-0.3, -0.25) is 0 Å². The third-order valence-electron chi connectivity index (χ3n) is 6.71. The quantitative estimate of drug-likeness (QED) is 0.415. The first-order valence-corrected chi connectivity index (χ1v) is 14.4. The molecule has 2 aromatic carbocycles. The van der Waals surface area contributed by atoms with E-state index < -0.39 is 20.0 Å². The minimum atomic E-state index is -2.51. The molecular weight excluding hydrogens is 452 g/mol. The molecule has 2 atom stereocenters. The van der Waals surface area contributed by atoms with Gasteiger partial charge in [0.25, 0.3) is 8.32 Å². The molecule has 1 fully saturated rings. The van der Waals surface area contributed by atoms with Crippen LogP contribution in [0.5, 0.6) is 0 Å². The maximum Gasteiger partial charge on any atom is 0.435 e. The van der Waals surface area contributed by atoms with E-state index >= 15 is 0 Å². The zero-order valence-corrected chi connectivity index (χ0v) is 22.8. The SMILES string of the molecule is CC(C)(C)OC(=O)n1cc(C[C@H]2C[C@H]2CO[Si](c2ccccc2)(c2ccccc2)C(C)(C)C)cn1. The number of hydrogen-bond acceptors (Lipinski definition) is 4. The van der Waals surface area contributed by atoms with Crippen LogP contribution in [0.4, 0.5) is 4.79 Å². The molecule has 0 radical (unpaired) electrons. The number of benzene rings is 2. The van der Waals surface area contributed by atoms with E-state index in [1.165, 1.54) is 15.1 Å². The largest absolute Gasteiger partial charge is 0.442 e. The third kappa shape index (κ3) is 5.76. The van der Waals surface area contributed by atoms with Crippen LogP contribution in [0.1, 0.15) is 53.5 Å². The summed E-state index contributed by atoms with van der Waals surface area (Å²) in [7, 11) is -2.51. The fourth-order valence-corrected chi connectivity index (χ4v) is 9.55. The summed E-state index contributed by atoms with van der Waals surface area (Å²) >= 11 is 0. The van der Waals surface area contributed by atoms with Crippen molar-refractivity contribution >= 4 is 24.8 Å². The molecule has 0 amide bonds. The molecule has 1 heterocycles. The normalized spacial score (nSPS) is 18.3. The summed E-state index contributed by atoms with van der Waals surface area (Å²) in [4.78, 5) is 12.3. The predicted octanol–water partition coefficient (Wildman–Crippen LogP) is 5.42. The van der Waals surface area contributed by atoms with Crippen molar-refractivity contribution in [2.75, 3.05) is 6.61 Å². The summed E-state index contributed by atoms with van der Waals surface area (Å²) in [5.74, 6) is 1.06. The van der Waals surface area contributed by atoms with Gasteiger partial charge in [0.2, 0.25) is 0 Å². The highest BCUT2D eigenvalue weighted by atomic mass is 28.4. The Hall–Kier alpha value is -2.70. The minimum absolute atomic E-state index is 0.0192. The topological polar surface area (TPSA) is 53.4 Å². The van der Waals surface area contributed by atoms with Crippen LogP contribution in [0.3, 0.4) is 0 Å². The molecule has 1 aliphatic rings. The Kier molecular flexibility index (Phi) is 7.07. The van der Waals surface area contributed by atoms with E-state index in [0.29, 0.717) is 11.8 Å². The van der Waals surface area contributed by atoms with E-state index in [2.05, 4.69) is 86.5 Å². The first-order valence-electron chi connectivity index (χ1n) is 12.5. The van der Waals surface area contributed by atoms with Gasteiger partial charge in [0.05, 0.1) is 6.20 Å². The van der Waals surface area contributed by atoms with E-state index in [-0.39, 0.29) is 5.04 Å².